The molecule has 2 amide bonds. The first kappa shape index (κ1) is 12.0. The molecule has 0 aromatic rings. The standard InChI is InChI=1S/C10H19N3O2/c1-7(11)10(15)13-4-3-9(6-13)5-12-8(2)14/h7,9H,3-6,11H2,1-2H3,(H,12,14)/t7-,9-/m0/s1. The fraction of sp³-hybridized carbons (Fsp3) is 0.800. The second-order valence-electron chi connectivity index (χ2n) is 4.16. The maximum Gasteiger partial charge on any atom is 0.239 e. The molecular formula is C10H19N3O2. The van der Waals surface area contributed by atoms with E-state index in [1.54, 1.807) is 11.8 Å². The lowest BCUT2D eigenvalue weighted by atomic mass is 10.1. The van der Waals surface area contributed by atoms with Crippen LogP contribution in [0.2, 0.25) is 0 Å². The molecule has 0 bridgehead atoms. The Bertz CT molecular complexity index is 253. The number of hydrogen-bond donors (Lipinski definition) is 2. The van der Waals surface area contributed by atoms with Crippen LogP contribution in [0.4, 0.5) is 0 Å². The molecule has 0 aromatic carbocycles. The molecule has 15 heavy (non-hydrogen) atoms. The summed E-state index contributed by atoms with van der Waals surface area (Å²) in [6, 6.07) is -0.426. The van der Waals surface area contributed by atoms with Crippen molar-refractivity contribution in [1.82, 2.24) is 10.2 Å². The van der Waals surface area contributed by atoms with Crippen LogP contribution in [0.1, 0.15) is 20.3 Å². The van der Waals surface area contributed by atoms with Gasteiger partial charge in [0.2, 0.25) is 11.8 Å². The molecule has 1 aliphatic heterocycles. The lowest BCUT2D eigenvalue weighted by Gasteiger charge is -2.18. The Balaban J connectivity index is 2.32. The van der Waals surface area contributed by atoms with Gasteiger partial charge < -0.3 is 16.0 Å². The van der Waals surface area contributed by atoms with Crippen molar-refractivity contribution in [1.29, 1.82) is 0 Å². The monoisotopic (exact) mass is 213 g/mol. The van der Waals surface area contributed by atoms with Crippen molar-refractivity contribution >= 4 is 11.8 Å². The third-order valence-electron chi connectivity index (χ3n) is 2.63. The number of nitrogens with zero attached hydrogens (tertiary/aromatic N) is 1. The number of amides is 2. The van der Waals surface area contributed by atoms with Gasteiger partial charge in [-0.2, -0.15) is 0 Å². The molecule has 86 valence electrons. The zero-order valence-electron chi connectivity index (χ0n) is 9.32. The zero-order valence-corrected chi connectivity index (χ0v) is 9.32. The highest BCUT2D eigenvalue weighted by molar-refractivity contribution is 5.81. The summed E-state index contributed by atoms with van der Waals surface area (Å²) in [6.45, 7) is 5.31. The first-order chi connectivity index (χ1) is 7.00. The van der Waals surface area contributed by atoms with Gasteiger partial charge in [0.25, 0.3) is 0 Å². The maximum absolute atomic E-state index is 11.5. The van der Waals surface area contributed by atoms with E-state index in [1.807, 2.05) is 0 Å². The molecule has 5 heteroatoms. The number of carbonyl (C=O) groups is 2. The average molecular weight is 213 g/mol. The minimum atomic E-state index is -0.426. The molecule has 0 unspecified atom stereocenters. The van der Waals surface area contributed by atoms with Crippen LogP contribution in [-0.4, -0.2) is 42.4 Å². The van der Waals surface area contributed by atoms with Crippen LogP contribution >= 0.6 is 0 Å². The average Bonchev–Trinajstić information content (AvgIpc) is 2.61. The number of nitrogens with one attached hydrogen (secondary N) is 1. The summed E-state index contributed by atoms with van der Waals surface area (Å²) in [4.78, 5) is 24.0. The minimum absolute atomic E-state index is 0.000301. The van der Waals surface area contributed by atoms with E-state index in [1.165, 1.54) is 6.92 Å². The Hall–Kier alpha value is -1.10. The zero-order chi connectivity index (χ0) is 11.4. The van der Waals surface area contributed by atoms with E-state index in [0.717, 1.165) is 13.0 Å². The summed E-state index contributed by atoms with van der Waals surface area (Å²) in [6.07, 6.45) is 0.943. The van der Waals surface area contributed by atoms with E-state index >= 15 is 0 Å². The summed E-state index contributed by atoms with van der Waals surface area (Å²) in [7, 11) is 0. The lowest BCUT2D eigenvalue weighted by Crippen LogP contribution is -2.41. The number of likely N-dealkylation sites (tertiary alicyclic amines) is 1. The predicted octanol–water partition coefficient (Wildman–Crippen LogP) is -0.682. The number of hydrogen-bond acceptors (Lipinski definition) is 3. The third kappa shape index (κ3) is 3.51. The summed E-state index contributed by atoms with van der Waals surface area (Å²) < 4.78 is 0. The van der Waals surface area contributed by atoms with Crippen molar-refractivity contribution in [2.24, 2.45) is 11.7 Å². The van der Waals surface area contributed by atoms with E-state index in [2.05, 4.69) is 5.32 Å². The van der Waals surface area contributed by atoms with Crippen molar-refractivity contribution in [3.8, 4) is 0 Å². The summed E-state index contributed by atoms with van der Waals surface area (Å²) in [5, 5.41) is 2.77. The summed E-state index contributed by atoms with van der Waals surface area (Å²) >= 11 is 0. The first-order valence-corrected chi connectivity index (χ1v) is 5.29. The molecule has 3 N–H and O–H groups in total. The maximum atomic E-state index is 11.5. The summed E-state index contributed by atoms with van der Waals surface area (Å²) in [5.41, 5.74) is 5.52. The van der Waals surface area contributed by atoms with E-state index in [0.29, 0.717) is 19.0 Å². The molecule has 0 spiro atoms. The second-order valence-corrected chi connectivity index (χ2v) is 4.16. The Morgan fingerprint density at radius 2 is 2.27 bits per heavy atom. The fourth-order valence-electron chi connectivity index (χ4n) is 1.78. The van der Waals surface area contributed by atoms with Crippen molar-refractivity contribution in [3.05, 3.63) is 0 Å². The molecule has 1 fully saturated rings. The van der Waals surface area contributed by atoms with Gasteiger partial charge in [0.1, 0.15) is 0 Å². The molecule has 0 aliphatic carbocycles. The number of nitrogens with two attached hydrogens (primary N) is 1. The largest absolute Gasteiger partial charge is 0.356 e. The topological polar surface area (TPSA) is 75.4 Å². The van der Waals surface area contributed by atoms with Crippen LogP contribution in [0.3, 0.4) is 0 Å². The SMILES string of the molecule is CC(=O)NC[C@@H]1CCN(C(=O)[C@H](C)N)C1. The number of carbonyl (C=O) groups excluding carboxylic acids is 2. The highest BCUT2D eigenvalue weighted by Crippen LogP contribution is 2.15. The lowest BCUT2D eigenvalue weighted by molar-refractivity contribution is -0.131. The quantitative estimate of drug-likeness (QED) is 0.652. The van der Waals surface area contributed by atoms with Crippen molar-refractivity contribution in [2.45, 2.75) is 26.3 Å². The normalized spacial score (nSPS) is 22.6. The molecule has 1 rings (SSSR count). The van der Waals surface area contributed by atoms with Gasteiger partial charge in [0.15, 0.2) is 0 Å². The van der Waals surface area contributed by atoms with Crippen LogP contribution in [0.25, 0.3) is 0 Å². The third-order valence-corrected chi connectivity index (χ3v) is 2.63. The van der Waals surface area contributed by atoms with Gasteiger partial charge in [0, 0.05) is 26.6 Å². The molecule has 1 heterocycles. The Morgan fingerprint density at radius 1 is 1.60 bits per heavy atom. The van der Waals surface area contributed by atoms with Gasteiger partial charge in [-0.1, -0.05) is 0 Å². The minimum Gasteiger partial charge on any atom is -0.356 e. The van der Waals surface area contributed by atoms with Gasteiger partial charge in [-0.3, -0.25) is 9.59 Å². The van der Waals surface area contributed by atoms with E-state index in [4.69, 9.17) is 5.73 Å². The van der Waals surface area contributed by atoms with Crippen molar-refractivity contribution < 1.29 is 9.59 Å². The molecule has 1 saturated heterocycles. The van der Waals surface area contributed by atoms with Crippen LogP contribution < -0.4 is 11.1 Å². The molecule has 5 nitrogen and oxygen atoms in total. The summed E-state index contributed by atoms with van der Waals surface area (Å²) in [5.74, 6) is 0.351. The van der Waals surface area contributed by atoms with Crippen LogP contribution in [0, 0.1) is 5.92 Å². The molecule has 1 aliphatic rings. The second kappa shape index (κ2) is 5.11. The Kier molecular flexibility index (Phi) is 4.08. The predicted molar refractivity (Wildman–Crippen MR) is 57.0 cm³/mol. The van der Waals surface area contributed by atoms with Gasteiger partial charge in [0.05, 0.1) is 6.04 Å². The molecular weight excluding hydrogens is 194 g/mol. The van der Waals surface area contributed by atoms with Crippen LogP contribution in [-0.2, 0) is 9.59 Å². The smallest absolute Gasteiger partial charge is 0.239 e. The Labute approximate surface area is 90.0 Å². The molecule has 0 saturated carbocycles. The molecule has 0 aromatic heterocycles. The molecule has 2 atom stereocenters. The van der Waals surface area contributed by atoms with Crippen molar-refractivity contribution in [2.75, 3.05) is 19.6 Å². The van der Waals surface area contributed by atoms with Gasteiger partial charge in [-0.05, 0) is 19.3 Å². The fourth-order valence-corrected chi connectivity index (χ4v) is 1.78. The van der Waals surface area contributed by atoms with Crippen LogP contribution in [0.15, 0.2) is 0 Å². The van der Waals surface area contributed by atoms with Crippen LogP contribution in [0.5, 0.6) is 0 Å². The highest BCUT2D eigenvalue weighted by Gasteiger charge is 2.27. The highest BCUT2D eigenvalue weighted by atomic mass is 16.2. The van der Waals surface area contributed by atoms with E-state index in [9.17, 15) is 9.59 Å². The van der Waals surface area contributed by atoms with Crippen molar-refractivity contribution in [3.63, 3.8) is 0 Å². The van der Waals surface area contributed by atoms with E-state index in [-0.39, 0.29) is 11.8 Å². The number of rotatable bonds is 3. The first-order valence-electron chi connectivity index (χ1n) is 5.29. The van der Waals surface area contributed by atoms with Gasteiger partial charge in [-0.25, -0.2) is 0 Å². The van der Waals surface area contributed by atoms with Gasteiger partial charge in [-0.15, -0.1) is 0 Å². The van der Waals surface area contributed by atoms with E-state index < -0.39 is 6.04 Å². The molecule has 0 radical (unpaired) electrons. The Morgan fingerprint density at radius 3 is 2.80 bits per heavy atom. The van der Waals surface area contributed by atoms with Gasteiger partial charge >= 0.3 is 0 Å².